The Kier molecular flexibility index (Phi) is 3.06. The highest BCUT2D eigenvalue weighted by atomic mass is 19.1. The minimum atomic E-state index is -1.14. The second-order valence-corrected chi connectivity index (χ2v) is 4.52. The van der Waals surface area contributed by atoms with Crippen LogP contribution >= 0.6 is 0 Å². The molecule has 5 nitrogen and oxygen atoms in total. The number of aryl methyl sites for hydroxylation is 1. The maximum Gasteiger partial charge on any atom is 0.356 e. The second-order valence-electron chi connectivity index (χ2n) is 4.52. The first-order valence-electron chi connectivity index (χ1n) is 6.21. The van der Waals surface area contributed by atoms with Gasteiger partial charge >= 0.3 is 5.97 Å². The van der Waals surface area contributed by atoms with Crippen molar-refractivity contribution in [2.45, 2.75) is 6.92 Å². The summed E-state index contributed by atoms with van der Waals surface area (Å²) in [6, 6.07) is 10.5. The van der Waals surface area contributed by atoms with Gasteiger partial charge in [-0.2, -0.15) is 5.10 Å². The molecule has 0 amide bonds. The molecule has 0 radical (unpaired) electrons. The summed E-state index contributed by atoms with van der Waals surface area (Å²) in [7, 11) is 0. The van der Waals surface area contributed by atoms with E-state index in [2.05, 4.69) is 5.10 Å². The number of hydrogen-bond donors (Lipinski definition) is 1. The van der Waals surface area contributed by atoms with Crippen LogP contribution in [0.4, 0.5) is 4.39 Å². The normalized spacial score (nSPS) is 10.8. The number of furan rings is 1. The topological polar surface area (TPSA) is 68.3 Å². The Labute approximate surface area is 119 Å². The van der Waals surface area contributed by atoms with Gasteiger partial charge in [0.25, 0.3) is 0 Å². The molecule has 2 heterocycles. The van der Waals surface area contributed by atoms with E-state index in [4.69, 9.17) is 9.52 Å². The first-order valence-corrected chi connectivity index (χ1v) is 6.21. The molecule has 0 saturated heterocycles. The molecule has 0 aliphatic rings. The van der Waals surface area contributed by atoms with Crippen molar-refractivity contribution in [3.05, 3.63) is 59.7 Å². The van der Waals surface area contributed by atoms with Crippen LogP contribution < -0.4 is 0 Å². The van der Waals surface area contributed by atoms with E-state index >= 15 is 0 Å². The number of halogens is 1. The fourth-order valence-corrected chi connectivity index (χ4v) is 2.01. The van der Waals surface area contributed by atoms with Gasteiger partial charge in [0.2, 0.25) is 0 Å². The maximum atomic E-state index is 13.0. The average Bonchev–Trinajstić information content (AvgIpc) is 3.05. The lowest BCUT2D eigenvalue weighted by Gasteiger charge is -2.05. The molecule has 3 rings (SSSR count). The standard InChI is InChI=1S/C15H11FN2O3/c1-9-2-7-14(21-9)13-8-12(15(19)20)17-18(13)11-5-3-10(16)4-6-11/h2-8H,1H3,(H,19,20). The third-order valence-corrected chi connectivity index (χ3v) is 2.99. The van der Waals surface area contributed by atoms with Gasteiger partial charge in [0, 0.05) is 6.07 Å². The zero-order valence-corrected chi connectivity index (χ0v) is 11.1. The molecule has 0 aliphatic carbocycles. The minimum Gasteiger partial charge on any atom is -0.476 e. The number of nitrogens with zero attached hydrogens (tertiary/aromatic N) is 2. The third-order valence-electron chi connectivity index (χ3n) is 2.99. The van der Waals surface area contributed by atoms with E-state index in [9.17, 15) is 9.18 Å². The Balaban J connectivity index is 2.18. The monoisotopic (exact) mass is 286 g/mol. The van der Waals surface area contributed by atoms with Gasteiger partial charge < -0.3 is 9.52 Å². The van der Waals surface area contributed by atoms with E-state index in [1.165, 1.54) is 35.0 Å². The summed E-state index contributed by atoms with van der Waals surface area (Å²) in [6.07, 6.45) is 0. The summed E-state index contributed by atoms with van der Waals surface area (Å²) in [6.45, 7) is 1.79. The van der Waals surface area contributed by atoms with Crippen molar-refractivity contribution in [2.75, 3.05) is 0 Å². The van der Waals surface area contributed by atoms with Crippen LogP contribution in [0, 0.1) is 12.7 Å². The summed E-state index contributed by atoms with van der Waals surface area (Å²) < 4.78 is 20.0. The zero-order valence-electron chi connectivity index (χ0n) is 11.1. The minimum absolute atomic E-state index is 0.108. The Morgan fingerprint density at radius 3 is 2.52 bits per heavy atom. The summed E-state index contributed by atoms with van der Waals surface area (Å²) >= 11 is 0. The number of benzene rings is 1. The molecule has 106 valence electrons. The van der Waals surface area contributed by atoms with Gasteiger partial charge in [-0.25, -0.2) is 13.9 Å². The number of carboxylic acid groups (broad SMARTS) is 1. The lowest BCUT2D eigenvalue weighted by atomic mass is 10.2. The van der Waals surface area contributed by atoms with Crippen LogP contribution in [0.25, 0.3) is 17.1 Å². The quantitative estimate of drug-likeness (QED) is 0.802. The highest BCUT2D eigenvalue weighted by Gasteiger charge is 2.18. The Bertz CT molecular complexity index is 803. The maximum absolute atomic E-state index is 13.0. The van der Waals surface area contributed by atoms with Crippen LogP contribution in [0.15, 0.2) is 46.9 Å². The van der Waals surface area contributed by atoms with E-state index in [-0.39, 0.29) is 11.5 Å². The van der Waals surface area contributed by atoms with Gasteiger partial charge in [-0.15, -0.1) is 0 Å². The van der Waals surface area contributed by atoms with E-state index in [0.717, 1.165) is 0 Å². The lowest BCUT2D eigenvalue weighted by Crippen LogP contribution is -2.02. The Morgan fingerprint density at radius 2 is 1.95 bits per heavy atom. The second kappa shape index (κ2) is 4.90. The molecule has 1 N–H and O–H groups in total. The molecule has 2 aromatic heterocycles. The van der Waals surface area contributed by atoms with E-state index < -0.39 is 5.97 Å². The van der Waals surface area contributed by atoms with Crippen molar-refractivity contribution in [1.82, 2.24) is 9.78 Å². The molecule has 21 heavy (non-hydrogen) atoms. The molecule has 0 bridgehead atoms. The number of hydrogen-bond acceptors (Lipinski definition) is 3. The van der Waals surface area contributed by atoms with Gasteiger partial charge in [-0.3, -0.25) is 0 Å². The fraction of sp³-hybridized carbons (Fsp3) is 0.0667. The number of carbonyl (C=O) groups is 1. The van der Waals surface area contributed by atoms with Crippen LogP contribution in [0.5, 0.6) is 0 Å². The average molecular weight is 286 g/mol. The molecule has 0 fully saturated rings. The van der Waals surface area contributed by atoms with Crippen molar-refractivity contribution in [2.24, 2.45) is 0 Å². The molecule has 0 aliphatic heterocycles. The van der Waals surface area contributed by atoms with E-state index in [1.807, 2.05) is 0 Å². The molecule has 0 unspecified atom stereocenters. The van der Waals surface area contributed by atoms with Crippen LogP contribution in [-0.2, 0) is 0 Å². The van der Waals surface area contributed by atoms with Gasteiger partial charge in [-0.1, -0.05) is 0 Å². The Hall–Kier alpha value is -2.89. The molecule has 1 aromatic carbocycles. The van der Waals surface area contributed by atoms with E-state index in [1.54, 1.807) is 19.1 Å². The fourth-order valence-electron chi connectivity index (χ4n) is 2.01. The van der Waals surface area contributed by atoms with Crippen molar-refractivity contribution in [1.29, 1.82) is 0 Å². The first-order chi connectivity index (χ1) is 10.0. The summed E-state index contributed by atoms with van der Waals surface area (Å²) in [5, 5.41) is 13.1. The van der Waals surface area contributed by atoms with Crippen molar-refractivity contribution >= 4 is 5.97 Å². The highest BCUT2D eigenvalue weighted by molar-refractivity contribution is 5.87. The summed E-state index contributed by atoms with van der Waals surface area (Å²) in [5.74, 6) is -0.314. The molecular formula is C15H11FN2O3. The van der Waals surface area contributed by atoms with Gasteiger partial charge in [0.15, 0.2) is 11.5 Å². The molecule has 0 spiro atoms. The van der Waals surface area contributed by atoms with Crippen LogP contribution in [0.1, 0.15) is 16.2 Å². The number of aromatic nitrogens is 2. The molecule has 0 saturated carbocycles. The van der Waals surface area contributed by atoms with Gasteiger partial charge in [0.05, 0.1) is 5.69 Å². The molecule has 3 aromatic rings. The number of aromatic carboxylic acids is 1. The van der Waals surface area contributed by atoms with Crippen molar-refractivity contribution in [3.8, 4) is 17.1 Å². The summed E-state index contributed by atoms with van der Waals surface area (Å²) in [4.78, 5) is 11.1. The van der Waals surface area contributed by atoms with E-state index in [0.29, 0.717) is 22.9 Å². The zero-order chi connectivity index (χ0) is 15.0. The number of carboxylic acids is 1. The van der Waals surface area contributed by atoms with Gasteiger partial charge in [0.1, 0.15) is 17.3 Å². The van der Waals surface area contributed by atoms with Crippen molar-refractivity contribution < 1.29 is 18.7 Å². The SMILES string of the molecule is Cc1ccc(-c2cc(C(=O)O)nn2-c2ccc(F)cc2)o1. The van der Waals surface area contributed by atoms with Crippen molar-refractivity contribution in [3.63, 3.8) is 0 Å². The van der Waals surface area contributed by atoms with Crippen LogP contribution in [0.2, 0.25) is 0 Å². The largest absolute Gasteiger partial charge is 0.476 e. The predicted molar refractivity (Wildman–Crippen MR) is 72.9 cm³/mol. The first kappa shape index (κ1) is 13.1. The number of rotatable bonds is 3. The van der Waals surface area contributed by atoms with Crippen LogP contribution in [-0.4, -0.2) is 20.9 Å². The predicted octanol–water partition coefficient (Wildman–Crippen LogP) is 3.28. The lowest BCUT2D eigenvalue weighted by molar-refractivity contribution is 0.0690. The third kappa shape index (κ3) is 2.43. The smallest absolute Gasteiger partial charge is 0.356 e. The van der Waals surface area contributed by atoms with Gasteiger partial charge in [-0.05, 0) is 43.3 Å². The summed E-state index contributed by atoms with van der Waals surface area (Å²) in [5.41, 5.74) is 0.934. The Morgan fingerprint density at radius 1 is 1.24 bits per heavy atom. The molecule has 0 atom stereocenters. The molecule has 6 heteroatoms. The molecular weight excluding hydrogens is 275 g/mol. The highest BCUT2D eigenvalue weighted by Crippen LogP contribution is 2.26. The van der Waals surface area contributed by atoms with Crippen LogP contribution in [0.3, 0.4) is 0 Å².